The number of carbonyl (C=O) groups excluding carboxylic acids is 2. The van der Waals surface area contributed by atoms with E-state index in [2.05, 4.69) is 21.2 Å². The lowest BCUT2D eigenvalue weighted by atomic mass is 10.1. The molecule has 0 bridgehead atoms. The molecule has 0 saturated carbocycles. The number of nitrogens with one attached hydrogen (secondary N) is 1. The first-order valence-electron chi connectivity index (χ1n) is 9.44. The van der Waals surface area contributed by atoms with Crippen molar-refractivity contribution in [2.24, 2.45) is 0 Å². The second kappa shape index (κ2) is 10.4. The van der Waals surface area contributed by atoms with Crippen LogP contribution in [0.5, 0.6) is 5.75 Å². The predicted octanol–water partition coefficient (Wildman–Crippen LogP) is 4.14. The number of halogens is 2. The molecule has 156 valence electrons. The van der Waals surface area contributed by atoms with Gasteiger partial charge in [0.15, 0.2) is 6.61 Å². The van der Waals surface area contributed by atoms with Gasteiger partial charge in [-0.2, -0.15) is 0 Å². The molecule has 1 atom stereocenters. The van der Waals surface area contributed by atoms with E-state index in [-0.39, 0.29) is 19.1 Å². The smallest absolute Gasteiger partial charge is 0.261 e. The van der Waals surface area contributed by atoms with Crippen molar-refractivity contribution < 1.29 is 18.7 Å². The van der Waals surface area contributed by atoms with Crippen LogP contribution < -0.4 is 10.1 Å². The standard InChI is InChI=1S/C22H26BrFN2O3/c1-5-25-22(28)16(4)26(12-17-8-6-7-9-19(17)24)20(27)13-29-18-10-14(2)21(23)15(3)11-18/h6-11,16H,5,12-13H2,1-4H3,(H,25,28)/t16-/m1/s1. The molecule has 2 aromatic carbocycles. The van der Waals surface area contributed by atoms with Crippen LogP contribution in [0, 0.1) is 19.7 Å². The predicted molar refractivity (Wildman–Crippen MR) is 114 cm³/mol. The normalized spacial score (nSPS) is 11.7. The number of hydrogen-bond acceptors (Lipinski definition) is 3. The molecule has 0 aliphatic rings. The highest BCUT2D eigenvalue weighted by Gasteiger charge is 2.27. The number of ether oxygens (including phenoxy) is 1. The molecule has 7 heteroatoms. The number of likely N-dealkylation sites (N-methyl/N-ethyl adjacent to an activating group) is 1. The summed E-state index contributed by atoms with van der Waals surface area (Å²) in [7, 11) is 0. The van der Waals surface area contributed by atoms with Crippen LogP contribution >= 0.6 is 15.9 Å². The van der Waals surface area contributed by atoms with Gasteiger partial charge in [0.25, 0.3) is 5.91 Å². The Labute approximate surface area is 179 Å². The van der Waals surface area contributed by atoms with Crippen molar-refractivity contribution in [3.05, 3.63) is 63.4 Å². The first-order chi connectivity index (χ1) is 13.7. The molecule has 0 heterocycles. The van der Waals surface area contributed by atoms with E-state index in [1.54, 1.807) is 32.0 Å². The van der Waals surface area contributed by atoms with Crippen molar-refractivity contribution in [1.82, 2.24) is 10.2 Å². The van der Waals surface area contributed by atoms with Crippen LogP contribution in [-0.2, 0) is 16.1 Å². The molecule has 0 spiro atoms. The van der Waals surface area contributed by atoms with Crippen LogP contribution in [0.2, 0.25) is 0 Å². The summed E-state index contributed by atoms with van der Waals surface area (Å²) in [6.45, 7) is 7.47. The minimum atomic E-state index is -0.765. The zero-order valence-corrected chi connectivity index (χ0v) is 18.7. The lowest BCUT2D eigenvalue weighted by Gasteiger charge is -2.28. The molecule has 1 N–H and O–H groups in total. The molecular formula is C22H26BrFN2O3. The van der Waals surface area contributed by atoms with Crippen LogP contribution in [0.3, 0.4) is 0 Å². The van der Waals surface area contributed by atoms with Gasteiger partial charge in [-0.25, -0.2) is 4.39 Å². The van der Waals surface area contributed by atoms with Gasteiger partial charge in [0, 0.05) is 23.1 Å². The molecule has 0 aliphatic heterocycles. The van der Waals surface area contributed by atoms with Crippen LogP contribution in [0.1, 0.15) is 30.5 Å². The molecule has 0 saturated heterocycles. The minimum Gasteiger partial charge on any atom is -0.484 e. The van der Waals surface area contributed by atoms with Crippen molar-refractivity contribution in [2.75, 3.05) is 13.2 Å². The third-order valence-corrected chi connectivity index (χ3v) is 5.84. The third-order valence-electron chi connectivity index (χ3n) is 4.59. The van der Waals surface area contributed by atoms with E-state index >= 15 is 0 Å². The van der Waals surface area contributed by atoms with Crippen molar-refractivity contribution in [3.8, 4) is 5.75 Å². The SMILES string of the molecule is CCNC(=O)[C@@H](C)N(Cc1ccccc1F)C(=O)COc1cc(C)c(Br)c(C)c1. The number of carbonyl (C=O) groups is 2. The fraction of sp³-hybridized carbons (Fsp3) is 0.364. The molecule has 0 aromatic heterocycles. The first kappa shape index (κ1) is 22.9. The van der Waals surface area contributed by atoms with E-state index in [0.717, 1.165) is 15.6 Å². The van der Waals surface area contributed by atoms with E-state index in [1.165, 1.54) is 11.0 Å². The topological polar surface area (TPSA) is 58.6 Å². The zero-order valence-electron chi connectivity index (χ0n) is 17.1. The van der Waals surface area contributed by atoms with E-state index in [0.29, 0.717) is 17.9 Å². The maximum atomic E-state index is 14.1. The minimum absolute atomic E-state index is 0.0223. The fourth-order valence-corrected chi connectivity index (χ4v) is 3.16. The van der Waals surface area contributed by atoms with Gasteiger partial charge in [-0.1, -0.05) is 34.1 Å². The molecule has 0 unspecified atom stereocenters. The number of rotatable bonds is 8. The zero-order chi connectivity index (χ0) is 21.6. The molecule has 2 rings (SSSR count). The van der Waals surface area contributed by atoms with E-state index in [1.807, 2.05) is 26.0 Å². The fourth-order valence-electron chi connectivity index (χ4n) is 2.93. The van der Waals surface area contributed by atoms with Gasteiger partial charge in [-0.15, -0.1) is 0 Å². The Balaban J connectivity index is 2.19. The van der Waals surface area contributed by atoms with E-state index in [9.17, 15) is 14.0 Å². The van der Waals surface area contributed by atoms with Crippen molar-refractivity contribution in [2.45, 2.75) is 40.3 Å². The Morgan fingerprint density at radius 1 is 1.21 bits per heavy atom. The van der Waals surface area contributed by atoms with Crippen molar-refractivity contribution in [3.63, 3.8) is 0 Å². The Bertz CT molecular complexity index is 865. The molecule has 0 fully saturated rings. The Morgan fingerprint density at radius 2 is 1.83 bits per heavy atom. The molecule has 5 nitrogen and oxygen atoms in total. The summed E-state index contributed by atoms with van der Waals surface area (Å²) in [5.74, 6) is -0.556. The highest BCUT2D eigenvalue weighted by Crippen LogP contribution is 2.26. The average molecular weight is 465 g/mol. The summed E-state index contributed by atoms with van der Waals surface area (Å²) < 4.78 is 20.8. The summed E-state index contributed by atoms with van der Waals surface area (Å²) in [4.78, 5) is 26.6. The Morgan fingerprint density at radius 3 is 2.41 bits per heavy atom. The highest BCUT2D eigenvalue weighted by atomic mass is 79.9. The Kier molecular flexibility index (Phi) is 8.20. The Hall–Kier alpha value is -2.41. The van der Waals surface area contributed by atoms with Crippen molar-refractivity contribution in [1.29, 1.82) is 0 Å². The number of aryl methyl sites for hydroxylation is 2. The van der Waals surface area contributed by atoms with Gasteiger partial charge < -0.3 is 15.0 Å². The van der Waals surface area contributed by atoms with E-state index in [4.69, 9.17) is 4.74 Å². The van der Waals surface area contributed by atoms with Gasteiger partial charge >= 0.3 is 0 Å². The van der Waals surface area contributed by atoms with E-state index < -0.39 is 17.8 Å². The second-order valence-corrected chi connectivity index (χ2v) is 7.64. The molecule has 2 aromatic rings. The monoisotopic (exact) mass is 464 g/mol. The maximum Gasteiger partial charge on any atom is 0.261 e. The summed E-state index contributed by atoms with van der Waals surface area (Å²) in [6, 6.07) is 9.11. The van der Waals surface area contributed by atoms with Crippen LogP contribution in [0.25, 0.3) is 0 Å². The van der Waals surface area contributed by atoms with Gasteiger partial charge in [-0.05, 0) is 57.0 Å². The number of nitrogens with zero attached hydrogens (tertiary/aromatic N) is 1. The van der Waals surface area contributed by atoms with Crippen molar-refractivity contribution >= 4 is 27.7 Å². The summed E-state index contributed by atoms with van der Waals surface area (Å²) in [5, 5.41) is 2.70. The number of benzene rings is 2. The summed E-state index contributed by atoms with van der Waals surface area (Å²) >= 11 is 3.50. The molecular weight excluding hydrogens is 439 g/mol. The first-order valence-corrected chi connectivity index (χ1v) is 10.2. The second-order valence-electron chi connectivity index (χ2n) is 6.84. The molecule has 0 radical (unpaired) electrons. The average Bonchev–Trinajstić information content (AvgIpc) is 2.69. The van der Waals surface area contributed by atoms with Crippen LogP contribution in [0.15, 0.2) is 40.9 Å². The molecule has 29 heavy (non-hydrogen) atoms. The van der Waals surface area contributed by atoms with Gasteiger partial charge in [0.05, 0.1) is 0 Å². The van der Waals surface area contributed by atoms with Gasteiger partial charge in [0.1, 0.15) is 17.6 Å². The number of hydrogen-bond donors (Lipinski definition) is 1. The van der Waals surface area contributed by atoms with Gasteiger partial charge in [-0.3, -0.25) is 9.59 Å². The highest BCUT2D eigenvalue weighted by molar-refractivity contribution is 9.10. The molecule has 0 aliphatic carbocycles. The maximum absolute atomic E-state index is 14.1. The quantitative estimate of drug-likeness (QED) is 0.638. The van der Waals surface area contributed by atoms with Crippen LogP contribution in [-0.4, -0.2) is 35.9 Å². The lowest BCUT2D eigenvalue weighted by molar-refractivity contribution is -0.142. The molecule has 2 amide bonds. The van der Waals surface area contributed by atoms with Crippen LogP contribution in [0.4, 0.5) is 4.39 Å². The third kappa shape index (κ3) is 6.03. The summed E-state index contributed by atoms with van der Waals surface area (Å²) in [6.07, 6.45) is 0. The lowest BCUT2D eigenvalue weighted by Crippen LogP contribution is -2.49. The largest absolute Gasteiger partial charge is 0.484 e. The number of amides is 2. The van der Waals surface area contributed by atoms with Gasteiger partial charge in [0.2, 0.25) is 5.91 Å². The summed E-state index contributed by atoms with van der Waals surface area (Å²) in [5.41, 5.74) is 2.32.